The van der Waals surface area contributed by atoms with Gasteiger partial charge in [0.1, 0.15) is 11.5 Å². The van der Waals surface area contributed by atoms with Gasteiger partial charge in [-0.05, 0) is 35.4 Å². The summed E-state index contributed by atoms with van der Waals surface area (Å²) in [4.78, 5) is 22.3. The van der Waals surface area contributed by atoms with E-state index in [-0.39, 0.29) is 0 Å². The Bertz CT molecular complexity index is 714. The number of carbonyl (C=O) groups excluding carboxylic acids is 2. The fourth-order valence-electron chi connectivity index (χ4n) is 1.78. The van der Waals surface area contributed by atoms with Gasteiger partial charge in [-0.15, -0.1) is 0 Å². The van der Waals surface area contributed by atoms with Crippen molar-refractivity contribution in [3.63, 3.8) is 0 Å². The first-order valence-electron chi connectivity index (χ1n) is 6.66. The first kappa shape index (κ1) is 16.0. The molecule has 2 rings (SSSR count). The number of rotatable bonds is 5. The van der Waals surface area contributed by atoms with Crippen LogP contribution in [0, 0.1) is 0 Å². The molecule has 0 aromatic heterocycles. The zero-order valence-corrected chi connectivity index (χ0v) is 12.2. The molecule has 0 aliphatic carbocycles. The van der Waals surface area contributed by atoms with Crippen LogP contribution in [-0.4, -0.2) is 12.1 Å². The van der Waals surface area contributed by atoms with Crippen molar-refractivity contribution in [1.82, 2.24) is 0 Å². The van der Waals surface area contributed by atoms with E-state index < -0.39 is 12.1 Å². The van der Waals surface area contributed by atoms with Gasteiger partial charge in [0.2, 0.25) is 0 Å². The van der Waals surface area contributed by atoms with Crippen molar-refractivity contribution in [3.8, 4) is 22.6 Å². The molecule has 0 atom stereocenters. The fourth-order valence-corrected chi connectivity index (χ4v) is 1.78. The number of benzene rings is 2. The van der Waals surface area contributed by atoms with Crippen LogP contribution >= 0.6 is 0 Å². The summed E-state index contributed by atoms with van der Waals surface area (Å²) in [6, 6.07) is 13.9. The van der Waals surface area contributed by atoms with Crippen molar-refractivity contribution < 1.29 is 23.8 Å². The van der Waals surface area contributed by atoms with E-state index in [0.717, 1.165) is 23.5 Å². The number of hydrogen-bond donors (Lipinski definition) is 0. The number of ether oxygens (including phenoxy) is 3. The van der Waals surface area contributed by atoms with Gasteiger partial charge in [-0.1, -0.05) is 37.4 Å². The van der Waals surface area contributed by atoms with Crippen LogP contribution in [0.25, 0.3) is 11.1 Å². The molecule has 2 aromatic carbocycles. The lowest BCUT2D eigenvalue weighted by atomic mass is 10.1. The highest BCUT2D eigenvalue weighted by atomic mass is 16.7. The summed E-state index contributed by atoms with van der Waals surface area (Å²) >= 11 is 0. The maximum Gasteiger partial charge on any atom is 0.518 e. The SMILES string of the molecule is C=COC(=O)Oc1ccc(-c2ccc(OC(=O)C=C)cc2)cc1. The van der Waals surface area contributed by atoms with Crippen molar-refractivity contribution in [2.75, 3.05) is 0 Å². The molecule has 0 saturated heterocycles. The minimum atomic E-state index is -0.846. The molecule has 0 amide bonds. The van der Waals surface area contributed by atoms with Gasteiger partial charge in [0, 0.05) is 6.08 Å². The molecular weight excluding hydrogens is 296 g/mol. The molecule has 2 aromatic rings. The highest BCUT2D eigenvalue weighted by Gasteiger charge is 2.05. The summed E-state index contributed by atoms with van der Waals surface area (Å²) in [6.45, 7) is 6.60. The molecule has 0 saturated carbocycles. The number of esters is 1. The first-order valence-corrected chi connectivity index (χ1v) is 6.66. The van der Waals surface area contributed by atoms with Crippen LogP contribution in [0.3, 0.4) is 0 Å². The second kappa shape index (κ2) is 7.61. The molecule has 0 spiro atoms. The lowest BCUT2D eigenvalue weighted by molar-refractivity contribution is -0.128. The Morgan fingerprint density at radius 3 is 1.70 bits per heavy atom. The van der Waals surface area contributed by atoms with Crippen LogP contribution < -0.4 is 9.47 Å². The Kier molecular flexibility index (Phi) is 5.30. The van der Waals surface area contributed by atoms with Gasteiger partial charge >= 0.3 is 12.1 Å². The van der Waals surface area contributed by atoms with Crippen molar-refractivity contribution in [3.05, 3.63) is 74.0 Å². The van der Waals surface area contributed by atoms with E-state index in [2.05, 4.69) is 17.9 Å². The Labute approximate surface area is 133 Å². The molecule has 0 heterocycles. The zero-order chi connectivity index (χ0) is 16.7. The van der Waals surface area contributed by atoms with Crippen LogP contribution in [0.4, 0.5) is 4.79 Å². The zero-order valence-electron chi connectivity index (χ0n) is 12.2. The van der Waals surface area contributed by atoms with Gasteiger partial charge < -0.3 is 14.2 Å². The predicted octanol–water partition coefficient (Wildman–Crippen LogP) is 4.10. The van der Waals surface area contributed by atoms with Gasteiger partial charge in [-0.25, -0.2) is 9.59 Å². The van der Waals surface area contributed by atoms with Crippen LogP contribution in [0.2, 0.25) is 0 Å². The van der Waals surface area contributed by atoms with E-state index in [9.17, 15) is 9.59 Å². The van der Waals surface area contributed by atoms with Gasteiger partial charge in [-0.3, -0.25) is 0 Å². The third-order valence-corrected chi connectivity index (χ3v) is 2.81. The molecule has 5 nitrogen and oxygen atoms in total. The normalized spacial score (nSPS) is 9.57. The van der Waals surface area contributed by atoms with E-state index in [0.29, 0.717) is 11.5 Å². The maximum atomic E-state index is 11.2. The van der Waals surface area contributed by atoms with Crippen LogP contribution in [0.15, 0.2) is 74.0 Å². The topological polar surface area (TPSA) is 61.8 Å². The Morgan fingerprint density at radius 2 is 1.26 bits per heavy atom. The van der Waals surface area contributed by atoms with E-state index in [1.165, 1.54) is 0 Å². The summed E-state index contributed by atoms with van der Waals surface area (Å²) in [5.74, 6) is 0.286. The first-order chi connectivity index (χ1) is 11.1. The highest BCUT2D eigenvalue weighted by Crippen LogP contribution is 2.24. The minimum Gasteiger partial charge on any atom is -0.423 e. The molecular formula is C18H14O5. The Hall–Kier alpha value is -3.34. The Morgan fingerprint density at radius 1 is 0.783 bits per heavy atom. The highest BCUT2D eigenvalue weighted by molar-refractivity contribution is 5.83. The molecule has 0 aliphatic rings. The molecule has 0 fully saturated rings. The largest absolute Gasteiger partial charge is 0.518 e. The third kappa shape index (κ3) is 4.57. The van der Waals surface area contributed by atoms with E-state index in [4.69, 9.17) is 9.47 Å². The average Bonchev–Trinajstić information content (AvgIpc) is 2.56. The van der Waals surface area contributed by atoms with Gasteiger partial charge in [-0.2, -0.15) is 0 Å². The number of hydrogen-bond acceptors (Lipinski definition) is 5. The molecule has 0 radical (unpaired) electrons. The Balaban J connectivity index is 2.07. The number of carbonyl (C=O) groups is 2. The fraction of sp³-hybridized carbons (Fsp3) is 0. The molecule has 5 heteroatoms. The quantitative estimate of drug-likeness (QED) is 0.273. The van der Waals surface area contributed by atoms with Crippen LogP contribution in [0.1, 0.15) is 0 Å². The summed E-state index contributed by atoms with van der Waals surface area (Å²) in [6.07, 6.45) is 1.25. The molecule has 23 heavy (non-hydrogen) atoms. The van der Waals surface area contributed by atoms with E-state index in [1.807, 2.05) is 12.1 Å². The summed E-state index contributed by atoms with van der Waals surface area (Å²) in [5.41, 5.74) is 1.83. The maximum absolute atomic E-state index is 11.2. The molecule has 0 aliphatic heterocycles. The summed E-state index contributed by atoms with van der Waals surface area (Å²) < 4.78 is 14.4. The van der Waals surface area contributed by atoms with Gasteiger partial charge in [0.15, 0.2) is 0 Å². The molecule has 0 bridgehead atoms. The molecule has 0 N–H and O–H groups in total. The third-order valence-electron chi connectivity index (χ3n) is 2.81. The second-order valence-electron chi connectivity index (χ2n) is 4.31. The summed E-state index contributed by atoms with van der Waals surface area (Å²) in [7, 11) is 0. The van der Waals surface area contributed by atoms with Crippen molar-refractivity contribution in [1.29, 1.82) is 0 Å². The molecule has 0 unspecified atom stereocenters. The summed E-state index contributed by atoms with van der Waals surface area (Å²) in [5, 5.41) is 0. The predicted molar refractivity (Wildman–Crippen MR) is 85.0 cm³/mol. The average molecular weight is 310 g/mol. The van der Waals surface area contributed by atoms with Crippen LogP contribution in [-0.2, 0) is 9.53 Å². The molecule has 116 valence electrons. The lowest BCUT2D eigenvalue weighted by Crippen LogP contribution is -2.06. The lowest BCUT2D eigenvalue weighted by Gasteiger charge is -2.06. The van der Waals surface area contributed by atoms with Gasteiger partial charge in [0.25, 0.3) is 0 Å². The van der Waals surface area contributed by atoms with E-state index in [1.54, 1.807) is 36.4 Å². The van der Waals surface area contributed by atoms with Gasteiger partial charge in [0.05, 0.1) is 6.26 Å². The van der Waals surface area contributed by atoms with Crippen molar-refractivity contribution in [2.45, 2.75) is 0 Å². The van der Waals surface area contributed by atoms with Crippen LogP contribution in [0.5, 0.6) is 11.5 Å². The van der Waals surface area contributed by atoms with E-state index >= 15 is 0 Å². The van der Waals surface area contributed by atoms with Crippen molar-refractivity contribution >= 4 is 12.1 Å². The smallest absolute Gasteiger partial charge is 0.423 e. The minimum absolute atomic E-state index is 0.358. The van der Waals surface area contributed by atoms with Crippen molar-refractivity contribution in [2.24, 2.45) is 0 Å². The monoisotopic (exact) mass is 310 g/mol. The standard InChI is InChI=1S/C18H14O5/c1-3-17(19)22-15-9-5-13(6-10-15)14-7-11-16(12-8-14)23-18(20)21-4-2/h3-12H,1-2H2. The second-order valence-corrected chi connectivity index (χ2v) is 4.31.